The highest BCUT2D eigenvalue weighted by molar-refractivity contribution is 5.83. The van der Waals surface area contributed by atoms with E-state index >= 15 is 0 Å². The average Bonchev–Trinajstić information content (AvgIpc) is 3.37. The number of piperazine rings is 1. The topological polar surface area (TPSA) is 82.9 Å². The van der Waals surface area contributed by atoms with Gasteiger partial charge in [0.2, 0.25) is 0 Å². The van der Waals surface area contributed by atoms with E-state index in [2.05, 4.69) is 100 Å². The molecular weight excluding hydrogens is 462 g/mol. The highest BCUT2D eigenvalue weighted by atomic mass is 16.1. The third-order valence-corrected chi connectivity index (χ3v) is 7.81. The normalized spacial score (nSPS) is 16.4. The number of H-pyrrole nitrogens is 1. The van der Waals surface area contributed by atoms with E-state index in [1.807, 2.05) is 17.7 Å². The summed E-state index contributed by atoms with van der Waals surface area (Å²) in [6.45, 7) is 14.9. The molecule has 194 valence electrons. The molecule has 1 N–H and O–H groups in total. The first-order valence-electron chi connectivity index (χ1n) is 13.2. The van der Waals surface area contributed by atoms with Crippen LogP contribution in [0.4, 0.5) is 0 Å². The Labute approximate surface area is 218 Å². The number of aromatic amines is 1. The zero-order valence-corrected chi connectivity index (χ0v) is 22.5. The van der Waals surface area contributed by atoms with Gasteiger partial charge in [0.05, 0.1) is 11.1 Å². The Morgan fingerprint density at radius 1 is 1.03 bits per heavy atom. The van der Waals surface area contributed by atoms with Crippen molar-refractivity contribution in [3.8, 4) is 0 Å². The minimum atomic E-state index is -0.339. The molecule has 0 unspecified atom stereocenters. The van der Waals surface area contributed by atoms with Crippen molar-refractivity contribution in [2.24, 2.45) is 0 Å². The Morgan fingerprint density at radius 3 is 2.46 bits per heavy atom. The highest BCUT2D eigenvalue weighted by Gasteiger charge is 2.35. The van der Waals surface area contributed by atoms with Gasteiger partial charge in [-0.3, -0.25) is 14.6 Å². The van der Waals surface area contributed by atoms with Gasteiger partial charge in [-0.2, -0.15) is 0 Å². The van der Waals surface area contributed by atoms with Gasteiger partial charge in [0.25, 0.3) is 5.56 Å². The fraction of sp³-hybridized carbons (Fsp3) is 0.448. The summed E-state index contributed by atoms with van der Waals surface area (Å²) >= 11 is 0. The number of pyridine rings is 1. The molecule has 5 rings (SSSR count). The molecule has 8 heteroatoms. The van der Waals surface area contributed by atoms with Crippen molar-refractivity contribution in [2.75, 3.05) is 26.2 Å². The number of tetrazole rings is 1. The van der Waals surface area contributed by atoms with Gasteiger partial charge in [0.15, 0.2) is 5.82 Å². The number of nitrogens with zero attached hydrogens (tertiary/aromatic N) is 6. The maximum absolute atomic E-state index is 13.6. The molecule has 0 aliphatic carbocycles. The van der Waals surface area contributed by atoms with E-state index in [9.17, 15) is 4.79 Å². The van der Waals surface area contributed by atoms with Crippen molar-refractivity contribution < 1.29 is 0 Å². The molecular formula is C29H37N7O. The van der Waals surface area contributed by atoms with E-state index < -0.39 is 0 Å². The van der Waals surface area contributed by atoms with Gasteiger partial charge in [0.1, 0.15) is 6.04 Å². The van der Waals surface area contributed by atoms with E-state index in [4.69, 9.17) is 0 Å². The molecule has 0 bridgehead atoms. The fourth-order valence-corrected chi connectivity index (χ4v) is 5.37. The standard InChI is InChI=1S/C29H37N7O/c1-6-29(4,5)36-27(31-32-33-36)26(24-18-23-17-20(2)16-21(3)25(23)30-28(24)37)35-14-12-34(13-15-35)19-22-10-8-7-9-11-22/h7-11,16-18,26H,6,12-15,19H2,1-5H3,(H,30,37)/t26-/m0/s1. The Kier molecular flexibility index (Phi) is 6.96. The largest absolute Gasteiger partial charge is 0.321 e. The lowest BCUT2D eigenvalue weighted by atomic mass is 9.98. The van der Waals surface area contributed by atoms with Crippen molar-refractivity contribution in [3.63, 3.8) is 0 Å². The van der Waals surface area contributed by atoms with Crippen molar-refractivity contribution in [1.29, 1.82) is 0 Å². The summed E-state index contributed by atoms with van der Waals surface area (Å²) in [4.78, 5) is 21.6. The van der Waals surface area contributed by atoms with Crippen LogP contribution in [0, 0.1) is 13.8 Å². The number of hydrogen-bond donors (Lipinski definition) is 1. The van der Waals surface area contributed by atoms with E-state index in [0.29, 0.717) is 5.56 Å². The third kappa shape index (κ3) is 5.08. The first-order valence-corrected chi connectivity index (χ1v) is 13.2. The molecule has 0 saturated carbocycles. The molecule has 2 aromatic carbocycles. The molecule has 1 fully saturated rings. The lowest BCUT2D eigenvalue weighted by Crippen LogP contribution is -2.49. The molecule has 0 amide bonds. The first kappa shape index (κ1) is 25.3. The summed E-state index contributed by atoms with van der Waals surface area (Å²) in [5.41, 5.74) is 4.78. The summed E-state index contributed by atoms with van der Waals surface area (Å²) in [5.74, 6) is 0.720. The molecule has 1 atom stereocenters. The summed E-state index contributed by atoms with van der Waals surface area (Å²) in [6, 6.07) is 16.5. The quantitative estimate of drug-likeness (QED) is 0.411. The second-order valence-electron chi connectivity index (χ2n) is 10.9. The van der Waals surface area contributed by atoms with Crippen LogP contribution < -0.4 is 5.56 Å². The van der Waals surface area contributed by atoms with Crippen LogP contribution in [0.15, 0.2) is 53.3 Å². The highest BCUT2D eigenvalue weighted by Crippen LogP contribution is 2.31. The van der Waals surface area contributed by atoms with Crippen molar-refractivity contribution in [2.45, 2.75) is 59.2 Å². The molecule has 1 saturated heterocycles. The lowest BCUT2D eigenvalue weighted by Gasteiger charge is -2.39. The van der Waals surface area contributed by atoms with Crippen LogP contribution >= 0.6 is 0 Å². The van der Waals surface area contributed by atoms with Gasteiger partial charge < -0.3 is 4.98 Å². The van der Waals surface area contributed by atoms with Crippen molar-refractivity contribution in [3.05, 3.63) is 87.0 Å². The smallest absolute Gasteiger partial charge is 0.253 e. The zero-order valence-electron chi connectivity index (χ0n) is 22.5. The maximum atomic E-state index is 13.6. The second kappa shape index (κ2) is 10.2. The van der Waals surface area contributed by atoms with Gasteiger partial charge in [-0.05, 0) is 73.2 Å². The Bertz CT molecular complexity index is 1430. The molecule has 0 spiro atoms. The lowest BCUT2D eigenvalue weighted by molar-refractivity contribution is 0.0968. The molecule has 37 heavy (non-hydrogen) atoms. The monoisotopic (exact) mass is 499 g/mol. The van der Waals surface area contributed by atoms with E-state index in [1.54, 1.807) is 0 Å². The molecule has 0 radical (unpaired) electrons. The molecule has 3 heterocycles. The van der Waals surface area contributed by atoms with E-state index in [-0.39, 0.29) is 17.1 Å². The predicted octanol–water partition coefficient (Wildman–Crippen LogP) is 4.18. The Balaban J connectivity index is 1.54. The SMILES string of the molecule is CCC(C)(C)n1nnnc1[C@H](c1cc2cc(C)cc(C)c2[nH]c1=O)N1CCN(Cc2ccccc2)CC1. The van der Waals surface area contributed by atoms with Crippen LogP contribution in [-0.2, 0) is 12.1 Å². The van der Waals surface area contributed by atoms with Crippen molar-refractivity contribution in [1.82, 2.24) is 35.0 Å². The van der Waals surface area contributed by atoms with Crippen LogP contribution in [0.2, 0.25) is 0 Å². The number of aryl methyl sites for hydroxylation is 2. The van der Waals surface area contributed by atoms with Gasteiger partial charge in [-0.15, -0.1) is 5.10 Å². The third-order valence-electron chi connectivity index (χ3n) is 7.81. The fourth-order valence-electron chi connectivity index (χ4n) is 5.37. The molecule has 2 aromatic heterocycles. The van der Waals surface area contributed by atoms with E-state index in [1.165, 1.54) is 11.1 Å². The van der Waals surface area contributed by atoms with Crippen molar-refractivity contribution >= 4 is 10.9 Å². The predicted molar refractivity (Wildman–Crippen MR) is 147 cm³/mol. The average molecular weight is 500 g/mol. The number of rotatable bonds is 7. The van der Waals surface area contributed by atoms with Crippen LogP contribution in [0.5, 0.6) is 0 Å². The van der Waals surface area contributed by atoms with Crippen LogP contribution in [0.25, 0.3) is 10.9 Å². The molecule has 4 aromatic rings. The Hall–Kier alpha value is -3.36. The number of benzene rings is 2. The number of fused-ring (bicyclic) bond motifs is 1. The molecule has 8 nitrogen and oxygen atoms in total. The van der Waals surface area contributed by atoms with Gasteiger partial charge in [-0.25, -0.2) is 4.68 Å². The van der Waals surface area contributed by atoms with Crippen LogP contribution in [-0.4, -0.2) is 61.2 Å². The number of hydrogen-bond acceptors (Lipinski definition) is 6. The van der Waals surface area contributed by atoms with Gasteiger partial charge >= 0.3 is 0 Å². The number of nitrogens with one attached hydrogen (secondary N) is 1. The van der Waals surface area contributed by atoms with Crippen LogP contribution in [0.1, 0.15) is 61.3 Å². The van der Waals surface area contributed by atoms with Gasteiger partial charge in [-0.1, -0.05) is 48.9 Å². The van der Waals surface area contributed by atoms with E-state index in [0.717, 1.165) is 61.4 Å². The second-order valence-corrected chi connectivity index (χ2v) is 10.9. The van der Waals surface area contributed by atoms with Gasteiger partial charge in [0, 0.05) is 38.3 Å². The summed E-state index contributed by atoms with van der Waals surface area (Å²) in [6.07, 6.45) is 0.870. The molecule has 1 aliphatic heterocycles. The summed E-state index contributed by atoms with van der Waals surface area (Å²) in [7, 11) is 0. The molecule has 1 aliphatic rings. The van der Waals surface area contributed by atoms with Crippen LogP contribution in [0.3, 0.4) is 0 Å². The summed E-state index contributed by atoms with van der Waals surface area (Å²) in [5, 5.41) is 14.0. The Morgan fingerprint density at radius 2 is 1.76 bits per heavy atom. The minimum Gasteiger partial charge on any atom is -0.321 e. The first-order chi connectivity index (χ1) is 17.8. The maximum Gasteiger partial charge on any atom is 0.253 e. The minimum absolute atomic E-state index is 0.0833. The number of aromatic nitrogens is 5. The summed E-state index contributed by atoms with van der Waals surface area (Å²) < 4.78 is 1.92. The zero-order chi connectivity index (χ0) is 26.2.